The van der Waals surface area contributed by atoms with Gasteiger partial charge in [0.2, 0.25) is 5.91 Å². The first kappa shape index (κ1) is 15.9. The van der Waals surface area contributed by atoms with E-state index in [9.17, 15) is 4.79 Å². The zero-order valence-electron chi connectivity index (χ0n) is 10.6. The largest absolute Gasteiger partial charge is 0.343 e. The summed E-state index contributed by atoms with van der Waals surface area (Å²) in [4.78, 5) is 15.0. The summed E-state index contributed by atoms with van der Waals surface area (Å²) in [5.74, 6) is 0.177. The molecule has 0 aromatic rings. The Bertz CT molecular complexity index is 135. The summed E-state index contributed by atoms with van der Waals surface area (Å²) in [6, 6.07) is 0. The maximum absolute atomic E-state index is 11.0. The van der Waals surface area contributed by atoms with E-state index >= 15 is 0 Å². The van der Waals surface area contributed by atoms with Crippen LogP contribution in [0.2, 0.25) is 0 Å². The molecule has 3 nitrogen and oxygen atoms in total. The zero-order chi connectivity index (χ0) is 11.6. The maximum atomic E-state index is 11.0. The molecule has 0 aliphatic carbocycles. The first-order chi connectivity index (χ1) is 6.57. The van der Waals surface area contributed by atoms with Gasteiger partial charge in [-0.1, -0.05) is 13.8 Å². The molecule has 3 heteroatoms. The van der Waals surface area contributed by atoms with Gasteiger partial charge < -0.3 is 9.80 Å². The summed E-state index contributed by atoms with van der Waals surface area (Å²) < 4.78 is 0. The molecule has 0 aliphatic rings. The third kappa shape index (κ3) is 9.52. The molecule has 14 heavy (non-hydrogen) atoms. The molecule has 0 aromatic heterocycles. The zero-order valence-corrected chi connectivity index (χ0v) is 10.6. The fraction of sp³-hybridized carbons (Fsp3) is 0.909. The molecule has 0 radical (unpaired) electrons. The van der Waals surface area contributed by atoms with Crippen molar-refractivity contribution in [2.75, 3.05) is 33.7 Å². The van der Waals surface area contributed by atoms with E-state index in [-0.39, 0.29) is 5.91 Å². The number of nitrogens with zero attached hydrogens (tertiary/aromatic N) is 2. The van der Waals surface area contributed by atoms with Gasteiger partial charge in [-0.2, -0.15) is 0 Å². The average Bonchev–Trinajstić information content (AvgIpc) is 2.14. The predicted octanol–water partition coefficient (Wildman–Crippen LogP) is 1.83. The molecule has 0 unspecified atom stereocenters. The number of amides is 1. The van der Waals surface area contributed by atoms with Gasteiger partial charge in [0.1, 0.15) is 0 Å². The quantitative estimate of drug-likeness (QED) is 0.679. The minimum atomic E-state index is 0.177. The molecule has 0 saturated carbocycles. The second kappa shape index (κ2) is 10.5. The average molecular weight is 202 g/mol. The van der Waals surface area contributed by atoms with Gasteiger partial charge in [0.15, 0.2) is 0 Å². The fourth-order valence-corrected chi connectivity index (χ4v) is 1.12. The Balaban J connectivity index is 0. The Morgan fingerprint density at radius 3 is 1.93 bits per heavy atom. The Morgan fingerprint density at radius 1 is 1.14 bits per heavy atom. The van der Waals surface area contributed by atoms with Crippen LogP contribution in [0.1, 0.15) is 34.1 Å². The number of hydrogen-bond acceptors (Lipinski definition) is 2. The molecule has 0 spiro atoms. The molecule has 0 fully saturated rings. The van der Waals surface area contributed by atoms with E-state index in [1.54, 1.807) is 6.92 Å². The van der Waals surface area contributed by atoms with E-state index in [1.165, 1.54) is 0 Å². The smallest absolute Gasteiger partial charge is 0.219 e. The monoisotopic (exact) mass is 202 g/mol. The van der Waals surface area contributed by atoms with Crippen LogP contribution in [0.15, 0.2) is 0 Å². The van der Waals surface area contributed by atoms with E-state index in [1.807, 2.05) is 39.8 Å². The van der Waals surface area contributed by atoms with Crippen molar-refractivity contribution in [2.24, 2.45) is 0 Å². The van der Waals surface area contributed by atoms with Crippen molar-refractivity contribution >= 4 is 5.91 Å². The number of carbonyl (C=O) groups excluding carboxylic acids is 1. The lowest BCUT2D eigenvalue weighted by Crippen LogP contribution is -2.31. The number of hydrogen-bond donors (Lipinski definition) is 0. The molecular formula is C11H26N2O. The SMILES string of the molecule is CC.CCN(CCCN(C)C)C(C)=O. The van der Waals surface area contributed by atoms with Crippen LogP contribution < -0.4 is 0 Å². The van der Waals surface area contributed by atoms with Crippen LogP contribution in [0.4, 0.5) is 0 Å². The molecular weight excluding hydrogens is 176 g/mol. The Kier molecular flexibility index (Phi) is 11.9. The molecule has 0 bridgehead atoms. The predicted molar refractivity (Wildman–Crippen MR) is 62.4 cm³/mol. The van der Waals surface area contributed by atoms with Gasteiger partial charge >= 0.3 is 0 Å². The fourth-order valence-electron chi connectivity index (χ4n) is 1.12. The highest BCUT2D eigenvalue weighted by atomic mass is 16.2. The Labute approximate surface area is 89.1 Å². The highest BCUT2D eigenvalue weighted by Crippen LogP contribution is 1.92. The van der Waals surface area contributed by atoms with Crippen LogP contribution in [0.3, 0.4) is 0 Å². The van der Waals surface area contributed by atoms with Crippen LogP contribution in [0.5, 0.6) is 0 Å². The van der Waals surface area contributed by atoms with Gasteiger partial charge in [-0.25, -0.2) is 0 Å². The molecule has 0 atom stereocenters. The van der Waals surface area contributed by atoms with Crippen LogP contribution >= 0.6 is 0 Å². The summed E-state index contributed by atoms with van der Waals surface area (Å²) in [7, 11) is 4.09. The van der Waals surface area contributed by atoms with Crippen molar-refractivity contribution in [3.8, 4) is 0 Å². The lowest BCUT2D eigenvalue weighted by Gasteiger charge is -2.19. The second-order valence-corrected chi connectivity index (χ2v) is 3.26. The van der Waals surface area contributed by atoms with E-state index in [0.29, 0.717) is 0 Å². The van der Waals surface area contributed by atoms with Gasteiger partial charge in [-0.05, 0) is 34.0 Å². The molecule has 1 amide bonds. The van der Waals surface area contributed by atoms with Crippen molar-refractivity contribution < 1.29 is 4.79 Å². The van der Waals surface area contributed by atoms with Gasteiger partial charge in [-0.15, -0.1) is 0 Å². The van der Waals surface area contributed by atoms with Crippen molar-refractivity contribution in [3.63, 3.8) is 0 Å². The minimum Gasteiger partial charge on any atom is -0.343 e. The van der Waals surface area contributed by atoms with Crippen molar-refractivity contribution in [3.05, 3.63) is 0 Å². The summed E-state index contributed by atoms with van der Waals surface area (Å²) in [5.41, 5.74) is 0. The molecule has 0 N–H and O–H groups in total. The first-order valence-electron chi connectivity index (χ1n) is 5.48. The Morgan fingerprint density at radius 2 is 1.64 bits per heavy atom. The normalized spacial score (nSPS) is 9.36. The third-order valence-electron chi connectivity index (χ3n) is 1.86. The molecule has 0 saturated heterocycles. The molecule has 86 valence electrons. The van der Waals surface area contributed by atoms with E-state index in [0.717, 1.165) is 26.1 Å². The summed E-state index contributed by atoms with van der Waals surface area (Å²) in [6.45, 7) is 10.4. The van der Waals surface area contributed by atoms with Gasteiger partial charge in [-0.3, -0.25) is 4.79 Å². The van der Waals surface area contributed by atoms with E-state index in [2.05, 4.69) is 4.90 Å². The van der Waals surface area contributed by atoms with Crippen molar-refractivity contribution in [1.82, 2.24) is 9.80 Å². The minimum absolute atomic E-state index is 0.177. The molecule has 0 aliphatic heterocycles. The summed E-state index contributed by atoms with van der Waals surface area (Å²) in [6.07, 6.45) is 1.06. The highest BCUT2D eigenvalue weighted by Gasteiger charge is 2.04. The summed E-state index contributed by atoms with van der Waals surface area (Å²) >= 11 is 0. The van der Waals surface area contributed by atoms with Crippen molar-refractivity contribution in [1.29, 1.82) is 0 Å². The lowest BCUT2D eigenvalue weighted by atomic mass is 10.3. The second-order valence-electron chi connectivity index (χ2n) is 3.26. The molecule has 0 aromatic carbocycles. The van der Waals surface area contributed by atoms with Crippen LogP contribution in [0.25, 0.3) is 0 Å². The Hall–Kier alpha value is -0.570. The van der Waals surface area contributed by atoms with Gasteiger partial charge in [0.05, 0.1) is 0 Å². The number of rotatable bonds is 5. The van der Waals surface area contributed by atoms with Crippen LogP contribution in [-0.2, 0) is 4.79 Å². The lowest BCUT2D eigenvalue weighted by molar-refractivity contribution is -0.128. The van der Waals surface area contributed by atoms with Gasteiger partial charge in [0, 0.05) is 20.0 Å². The van der Waals surface area contributed by atoms with Gasteiger partial charge in [0.25, 0.3) is 0 Å². The first-order valence-corrected chi connectivity index (χ1v) is 5.48. The number of carbonyl (C=O) groups is 1. The van der Waals surface area contributed by atoms with E-state index < -0.39 is 0 Å². The van der Waals surface area contributed by atoms with Crippen molar-refractivity contribution in [2.45, 2.75) is 34.1 Å². The molecule has 0 heterocycles. The van der Waals surface area contributed by atoms with Crippen LogP contribution in [0, 0.1) is 0 Å². The van der Waals surface area contributed by atoms with Crippen LogP contribution in [-0.4, -0.2) is 49.4 Å². The maximum Gasteiger partial charge on any atom is 0.219 e. The topological polar surface area (TPSA) is 23.6 Å². The third-order valence-corrected chi connectivity index (χ3v) is 1.86. The summed E-state index contributed by atoms with van der Waals surface area (Å²) in [5, 5.41) is 0. The highest BCUT2D eigenvalue weighted by molar-refractivity contribution is 5.73. The van der Waals surface area contributed by atoms with E-state index in [4.69, 9.17) is 0 Å². The molecule has 0 rings (SSSR count). The standard InChI is InChI=1S/C9H20N2O.C2H6/c1-5-11(9(2)12)8-6-7-10(3)4;1-2/h5-8H2,1-4H3;1-2H3.